The Hall–Kier alpha value is -1.69. The van der Waals surface area contributed by atoms with Crippen molar-refractivity contribution >= 4 is 11.8 Å². The number of hydrogen-bond donors (Lipinski definition) is 0. The molecule has 2 aliphatic rings. The van der Waals surface area contributed by atoms with Crippen LogP contribution in [0.5, 0.6) is 0 Å². The van der Waals surface area contributed by atoms with Crippen LogP contribution in [0.2, 0.25) is 0 Å². The number of ether oxygens (including phenoxy) is 1. The van der Waals surface area contributed by atoms with Gasteiger partial charge in [0.05, 0.1) is 19.5 Å². The van der Waals surface area contributed by atoms with E-state index in [1.54, 1.807) is 6.20 Å². The molecule has 3 rings (SSSR count). The normalized spacial score (nSPS) is 20.7. The minimum atomic E-state index is -0.444. The smallest absolute Gasteiger partial charge is 0.358 e. The van der Waals surface area contributed by atoms with Crippen LogP contribution in [0.25, 0.3) is 0 Å². The molecule has 0 bridgehead atoms. The van der Waals surface area contributed by atoms with Gasteiger partial charge in [0.1, 0.15) is 5.82 Å². The second-order valence-electron chi connectivity index (χ2n) is 5.71. The van der Waals surface area contributed by atoms with E-state index in [9.17, 15) is 4.79 Å². The van der Waals surface area contributed by atoms with E-state index in [2.05, 4.69) is 24.5 Å². The summed E-state index contributed by atoms with van der Waals surface area (Å²) < 4.78 is 4.63. The molecule has 6 nitrogen and oxygen atoms in total. The van der Waals surface area contributed by atoms with Crippen LogP contribution in [-0.4, -0.2) is 60.2 Å². The molecule has 1 aliphatic heterocycles. The fourth-order valence-electron chi connectivity index (χ4n) is 3.28. The zero-order chi connectivity index (χ0) is 14.7. The first-order valence-electron chi connectivity index (χ1n) is 7.67. The monoisotopic (exact) mass is 290 g/mol. The Morgan fingerprint density at radius 1 is 1.14 bits per heavy atom. The molecule has 1 aromatic rings. The van der Waals surface area contributed by atoms with E-state index in [0.717, 1.165) is 38.0 Å². The molecule has 0 atom stereocenters. The Kier molecular flexibility index (Phi) is 4.34. The molecule has 1 aromatic heterocycles. The minimum Gasteiger partial charge on any atom is -0.464 e. The summed E-state index contributed by atoms with van der Waals surface area (Å²) in [6.07, 6.45) is 8.62. The molecular formula is C15H22N4O2. The summed E-state index contributed by atoms with van der Waals surface area (Å²) in [5.41, 5.74) is 0.255. The lowest BCUT2D eigenvalue weighted by atomic mass is 10.2. The summed E-state index contributed by atoms with van der Waals surface area (Å²) in [5, 5.41) is 0. The van der Waals surface area contributed by atoms with E-state index in [1.165, 1.54) is 39.0 Å². The molecule has 1 saturated carbocycles. The van der Waals surface area contributed by atoms with Crippen molar-refractivity contribution in [1.29, 1.82) is 0 Å². The van der Waals surface area contributed by atoms with Crippen LogP contribution in [0.3, 0.4) is 0 Å². The van der Waals surface area contributed by atoms with E-state index < -0.39 is 5.97 Å². The van der Waals surface area contributed by atoms with Crippen LogP contribution in [0.15, 0.2) is 12.4 Å². The van der Waals surface area contributed by atoms with Crippen LogP contribution in [0.1, 0.15) is 36.2 Å². The zero-order valence-electron chi connectivity index (χ0n) is 12.5. The van der Waals surface area contributed by atoms with Crippen molar-refractivity contribution in [1.82, 2.24) is 14.9 Å². The second-order valence-corrected chi connectivity index (χ2v) is 5.71. The maximum atomic E-state index is 11.3. The Bertz CT molecular complexity index is 477. The SMILES string of the molecule is COC(=O)c1cnc(N2CCN(C3CCCC3)CC2)cn1. The third-order valence-corrected chi connectivity index (χ3v) is 4.51. The van der Waals surface area contributed by atoms with Gasteiger partial charge >= 0.3 is 5.97 Å². The molecule has 0 unspecified atom stereocenters. The van der Waals surface area contributed by atoms with Crippen molar-refractivity contribution in [2.45, 2.75) is 31.7 Å². The number of nitrogens with zero attached hydrogens (tertiary/aromatic N) is 4. The van der Waals surface area contributed by atoms with Crippen molar-refractivity contribution in [2.75, 3.05) is 38.2 Å². The average Bonchev–Trinajstić information content (AvgIpc) is 3.09. The van der Waals surface area contributed by atoms with Crippen molar-refractivity contribution in [2.24, 2.45) is 0 Å². The van der Waals surface area contributed by atoms with Gasteiger partial charge in [0.25, 0.3) is 0 Å². The van der Waals surface area contributed by atoms with E-state index >= 15 is 0 Å². The van der Waals surface area contributed by atoms with Crippen molar-refractivity contribution in [3.8, 4) is 0 Å². The first kappa shape index (κ1) is 14.3. The molecule has 6 heteroatoms. The van der Waals surface area contributed by atoms with Crippen molar-refractivity contribution in [3.63, 3.8) is 0 Å². The lowest BCUT2D eigenvalue weighted by Gasteiger charge is -2.38. The summed E-state index contributed by atoms with van der Waals surface area (Å²) in [7, 11) is 1.35. The van der Waals surface area contributed by atoms with E-state index in [-0.39, 0.29) is 5.69 Å². The largest absolute Gasteiger partial charge is 0.464 e. The van der Waals surface area contributed by atoms with Crippen molar-refractivity contribution in [3.05, 3.63) is 18.1 Å². The standard InChI is InChI=1S/C15H22N4O2/c1-21-15(20)13-10-17-14(11-16-13)19-8-6-18(7-9-19)12-4-2-3-5-12/h10-12H,2-9H2,1H3. The number of piperazine rings is 1. The highest BCUT2D eigenvalue weighted by molar-refractivity contribution is 5.86. The van der Waals surface area contributed by atoms with Gasteiger partial charge in [-0.2, -0.15) is 0 Å². The Labute approximate surface area is 125 Å². The number of carbonyl (C=O) groups is 1. The highest BCUT2D eigenvalue weighted by Crippen LogP contribution is 2.25. The molecular weight excluding hydrogens is 268 g/mol. The van der Waals surface area contributed by atoms with Gasteiger partial charge in [-0.05, 0) is 12.8 Å². The third-order valence-electron chi connectivity index (χ3n) is 4.51. The molecule has 21 heavy (non-hydrogen) atoms. The Balaban J connectivity index is 1.57. The predicted molar refractivity (Wildman–Crippen MR) is 79.4 cm³/mol. The van der Waals surface area contributed by atoms with E-state index in [4.69, 9.17) is 0 Å². The lowest BCUT2D eigenvalue weighted by Crippen LogP contribution is -2.50. The Morgan fingerprint density at radius 2 is 1.86 bits per heavy atom. The Morgan fingerprint density at radius 3 is 2.43 bits per heavy atom. The van der Waals surface area contributed by atoms with Crippen LogP contribution < -0.4 is 4.90 Å². The maximum Gasteiger partial charge on any atom is 0.358 e. The summed E-state index contributed by atoms with van der Waals surface area (Å²) in [4.78, 5) is 24.7. The van der Waals surface area contributed by atoms with E-state index in [1.807, 2.05) is 0 Å². The van der Waals surface area contributed by atoms with Crippen LogP contribution in [-0.2, 0) is 4.74 Å². The fraction of sp³-hybridized carbons (Fsp3) is 0.667. The number of esters is 1. The van der Waals surface area contributed by atoms with Gasteiger partial charge in [0, 0.05) is 32.2 Å². The lowest BCUT2D eigenvalue weighted by molar-refractivity contribution is 0.0593. The molecule has 1 aliphatic carbocycles. The number of rotatable bonds is 3. The molecule has 0 radical (unpaired) electrons. The first-order valence-corrected chi connectivity index (χ1v) is 7.67. The van der Waals surface area contributed by atoms with Crippen molar-refractivity contribution < 1.29 is 9.53 Å². The van der Waals surface area contributed by atoms with Gasteiger partial charge < -0.3 is 9.64 Å². The zero-order valence-corrected chi connectivity index (χ0v) is 12.5. The first-order chi connectivity index (χ1) is 10.3. The highest BCUT2D eigenvalue weighted by atomic mass is 16.5. The minimum absolute atomic E-state index is 0.255. The summed E-state index contributed by atoms with van der Waals surface area (Å²) in [5.74, 6) is 0.397. The summed E-state index contributed by atoms with van der Waals surface area (Å²) in [6.45, 7) is 4.13. The van der Waals surface area contributed by atoms with Gasteiger partial charge in [-0.1, -0.05) is 12.8 Å². The van der Waals surface area contributed by atoms with Crippen LogP contribution in [0, 0.1) is 0 Å². The molecule has 0 amide bonds. The van der Waals surface area contributed by atoms with Crippen LogP contribution >= 0.6 is 0 Å². The quantitative estimate of drug-likeness (QED) is 0.783. The number of carbonyl (C=O) groups excluding carboxylic acids is 1. The number of hydrogen-bond acceptors (Lipinski definition) is 6. The predicted octanol–water partition coefficient (Wildman–Crippen LogP) is 1.33. The average molecular weight is 290 g/mol. The second kappa shape index (κ2) is 6.39. The topological polar surface area (TPSA) is 58.6 Å². The van der Waals surface area contributed by atoms with Gasteiger partial charge in [-0.25, -0.2) is 14.8 Å². The molecule has 0 aromatic carbocycles. The number of methoxy groups -OCH3 is 1. The number of aromatic nitrogens is 2. The highest BCUT2D eigenvalue weighted by Gasteiger charge is 2.26. The maximum absolute atomic E-state index is 11.3. The number of anilines is 1. The third kappa shape index (κ3) is 3.15. The van der Waals surface area contributed by atoms with Gasteiger partial charge in [-0.15, -0.1) is 0 Å². The van der Waals surface area contributed by atoms with Crippen LogP contribution in [0.4, 0.5) is 5.82 Å². The molecule has 2 heterocycles. The molecule has 0 N–H and O–H groups in total. The van der Waals surface area contributed by atoms with Gasteiger partial charge in [0.15, 0.2) is 5.69 Å². The van der Waals surface area contributed by atoms with Gasteiger partial charge in [-0.3, -0.25) is 4.90 Å². The molecule has 1 saturated heterocycles. The van der Waals surface area contributed by atoms with Gasteiger partial charge in [0.2, 0.25) is 0 Å². The molecule has 114 valence electrons. The fourth-order valence-corrected chi connectivity index (χ4v) is 3.28. The molecule has 2 fully saturated rings. The summed E-state index contributed by atoms with van der Waals surface area (Å²) in [6, 6.07) is 0.792. The van der Waals surface area contributed by atoms with E-state index in [0.29, 0.717) is 0 Å². The summed E-state index contributed by atoms with van der Waals surface area (Å²) >= 11 is 0. The molecule has 0 spiro atoms.